The first-order valence-electron chi connectivity index (χ1n) is 24.1. The van der Waals surface area contributed by atoms with Crippen molar-refractivity contribution in [3.05, 3.63) is 44.9 Å². The Labute approximate surface area is 412 Å². The Morgan fingerprint density at radius 2 is 1.24 bits per heavy atom. The number of hydrogen-bond acceptors (Lipinski definition) is 15. The highest BCUT2D eigenvalue weighted by Gasteiger charge is 2.55. The number of nitrogens with zero attached hydrogens (tertiary/aromatic N) is 3. The summed E-state index contributed by atoms with van der Waals surface area (Å²) in [5.74, 6) is -6.59. The molecule has 72 heavy (non-hydrogen) atoms. The van der Waals surface area contributed by atoms with Gasteiger partial charge in [0.2, 0.25) is 5.91 Å². The van der Waals surface area contributed by atoms with Gasteiger partial charge in [-0.15, -0.1) is 0 Å². The van der Waals surface area contributed by atoms with E-state index in [-0.39, 0.29) is 18.8 Å². The molecule has 1 aromatic rings. The minimum atomic E-state index is -5.08. The molecule has 0 aliphatic carbocycles. The number of alkyl halides is 6. The quantitative estimate of drug-likeness (QED) is 0.0502. The second-order valence-electron chi connectivity index (χ2n) is 17.7. The van der Waals surface area contributed by atoms with Crippen LogP contribution in [-0.4, -0.2) is 175 Å². The zero-order valence-corrected chi connectivity index (χ0v) is 40.7. The molecule has 0 radical (unpaired) electrons. The predicted molar refractivity (Wildman–Crippen MR) is 244 cm³/mol. The third-order valence-corrected chi connectivity index (χ3v) is 12.2. The summed E-state index contributed by atoms with van der Waals surface area (Å²) in [6.07, 6.45) is 0.288. The molecule has 0 spiro atoms. The van der Waals surface area contributed by atoms with E-state index < -0.39 is 109 Å². The average Bonchev–Trinajstić information content (AvgIpc) is 3.71. The number of aromatic nitrogens is 2. The fraction of sp³-hybridized carbons (Fsp3) is 0.778. The summed E-state index contributed by atoms with van der Waals surface area (Å²) in [6, 6.07) is -0.265. The van der Waals surface area contributed by atoms with Crippen molar-refractivity contribution in [3.8, 4) is 0 Å². The van der Waals surface area contributed by atoms with Gasteiger partial charge in [0, 0.05) is 38.9 Å². The normalized spacial score (nSPS) is 25.1. The molecule has 1 aromatic heterocycles. The van der Waals surface area contributed by atoms with Crippen molar-refractivity contribution in [1.29, 1.82) is 0 Å². The monoisotopic (exact) mass is 1050 g/mol. The number of carboxylic acid groups (broad SMARTS) is 2. The topological polar surface area (TPSA) is 317 Å². The van der Waals surface area contributed by atoms with Crippen LogP contribution in [0.5, 0.6) is 0 Å². The van der Waals surface area contributed by atoms with Crippen LogP contribution in [0.2, 0.25) is 0 Å². The predicted octanol–water partition coefficient (Wildman–Crippen LogP) is 2.64. The molecular weight excluding hydrogens is 979 g/mol. The minimum Gasteiger partial charge on any atom is -0.475 e. The van der Waals surface area contributed by atoms with E-state index in [2.05, 4.69) is 17.2 Å². The van der Waals surface area contributed by atoms with Gasteiger partial charge in [-0.05, 0) is 19.5 Å². The minimum absolute atomic E-state index is 0.0682. The van der Waals surface area contributed by atoms with Gasteiger partial charge in [0.05, 0.1) is 0 Å². The van der Waals surface area contributed by atoms with Gasteiger partial charge >= 0.3 is 30.0 Å². The van der Waals surface area contributed by atoms with Crippen LogP contribution >= 0.6 is 0 Å². The Bertz CT molecular complexity index is 1950. The van der Waals surface area contributed by atoms with E-state index in [1.807, 2.05) is 0 Å². The zero-order chi connectivity index (χ0) is 54.3. The van der Waals surface area contributed by atoms with Crippen molar-refractivity contribution in [2.75, 3.05) is 33.7 Å². The first-order chi connectivity index (χ1) is 33.8. The van der Waals surface area contributed by atoms with Crippen LogP contribution in [0, 0.1) is 0 Å². The molecule has 0 bridgehead atoms. The third-order valence-electron chi connectivity index (χ3n) is 12.2. The first-order valence-corrected chi connectivity index (χ1v) is 24.1. The molecule has 3 aliphatic heterocycles. The number of nitrogens with two attached hydrogens (primary N) is 1. The number of halogens is 6. The van der Waals surface area contributed by atoms with Gasteiger partial charge in [-0.3, -0.25) is 28.8 Å². The molecule has 2 saturated heterocycles. The van der Waals surface area contributed by atoms with Gasteiger partial charge in [-0.2, -0.15) is 26.3 Å². The van der Waals surface area contributed by atoms with Crippen molar-refractivity contribution in [3.63, 3.8) is 0 Å². The number of hydrogen-bond donors (Lipinski definition) is 9. The van der Waals surface area contributed by atoms with Crippen molar-refractivity contribution in [2.24, 2.45) is 5.73 Å². The Balaban J connectivity index is 0.00000111. The lowest BCUT2D eigenvalue weighted by atomic mass is 9.97. The van der Waals surface area contributed by atoms with Gasteiger partial charge in [0.1, 0.15) is 54.5 Å². The summed E-state index contributed by atoms with van der Waals surface area (Å²) in [5.41, 5.74) is 4.21. The van der Waals surface area contributed by atoms with Crippen molar-refractivity contribution in [1.82, 2.24) is 24.7 Å². The molecule has 27 heteroatoms. The van der Waals surface area contributed by atoms with Crippen LogP contribution in [0.1, 0.15) is 122 Å². The smallest absolute Gasteiger partial charge is 0.475 e. The lowest BCUT2D eigenvalue weighted by Gasteiger charge is -2.38. The van der Waals surface area contributed by atoms with E-state index in [0.29, 0.717) is 6.54 Å². The molecule has 2 amide bonds. The number of aliphatic hydroxyl groups is 4. The maximum absolute atomic E-state index is 14.3. The Morgan fingerprint density at radius 3 is 1.67 bits per heavy atom. The molecule has 414 valence electrons. The van der Waals surface area contributed by atoms with Crippen molar-refractivity contribution in [2.45, 2.75) is 190 Å². The number of aromatic amines is 1. The maximum Gasteiger partial charge on any atom is 0.490 e. The number of aliphatic hydroxyl groups excluding tert-OH is 4. The summed E-state index contributed by atoms with van der Waals surface area (Å²) in [6.45, 7) is 2.60. The van der Waals surface area contributed by atoms with Gasteiger partial charge in [-0.1, -0.05) is 110 Å². The molecule has 4 heterocycles. The zero-order valence-electron chi connectivity index (χ0n) is 40.7. The van der Waals surface area contributed by atoms with Crippen LogP contribution < -0.4 is 22.3 Å². The van der Waals surface area contributed by atoms with E-state index in [1.165, 1.54) is 102 Å². The number of aliphatic carboxylic acids is 2. The van der Waals surface area contributed by atoms with Crippen LogP contribution in [0.3, 0.4) is 0 Å². The van der Waals surface area contributed by atoms with E-state index in [4.69, 9.17) is 39.7 Å². The van der Waals surface area contributed by atoms with Crippen LogP contribution in [0.4, 0.5) is 26.3 Å². The summed E-state index contributed by atoms with van der Waals surface area (Å²) in [5, 5.41) is 60.9. The number of rotatable bonds is 25. The highest BCUT2D eigenvalue weighted by Crippen LogP contribution is 2.36. The fourth-order valence-corrected chi connectivity index (χ4v) is 8.09. The van der Waals surface area contributed by atoms with Crippen LogP contribution in [-0.2, 0) is 33.4 Å². The molecule has 0 saturated carbocycles. The number of carboxylic acids is 2. The number of H-pyrrole nitrogens is 1. The highest BCUT2D eigenvalue weighted by atomic mass is 19.4. The van der Waals surface area contributed by atoms with Crippen molar-refractivity contribution < 1.29 is 90.4 Å². The number of ether oxygens (including phenoxy) is 3. The lowest BCUT2D eigenvalue weighted by Crippen LogP contribution is -2.59. The first kappa shape index (κ1) is 63.6. The van der Waals surface area contributed by atoms with Crippen molar-refractivity contribution >= 4 is 23.8 Å². The molecule has 0 unspecified atom stereocenters. The number of carbonyl (C=O) groups excluding carboxylic acids is 2. The molecule has 4 rings (SSSR count). The number of likely N-dealkylation sites (N-methyl/N-ethyl adjacent to an activating group) is 2. The highest BCUT2D eigenvalue weighted by molar-refractivity contribution is 5.99. The maximum atomic E-state index is 14.3. The van der Waals surface area contributed by atoms with Gasteiger partial charge < -0.3 is 60.8 Å². The van der Waals surface area contributed by atoms with E-state index in [0.717, 1.165) is 36.1 Å². The lowest BCUT2D eigenvalue weighted by molar-refractivity contribution is -0.232. The molecule has 10 atom stereocenters. The number of unbranched alkanes of at least 4 members (excludes halogenated alkanes) is 16. The standard InChI is InChI=1S/C41H70N6O11.2C2HF3O2/c1-4-5-6-7-8-9-10-11-12-13-14-15-16-17-18-19-20-23-43-37(53)27-21-24-45(2)30(38(54)46(27)3)35(58-40-34(52)31(49)28(26-42)56-40)36-32(50)33(51)39(57-36)47-25-22-29(48)44-41(47)55;2*3-2(4,5)1(6)7/h21-22,25,28,30-36,39-40,49-52H,4-20,23-24,26,42H2,1-3H3,(H,43,53)(H,44,48,55);2*(H,6,7)/t28-,30+,31-,32+,33-,34-,35+,36+,39-,40+;;/m1../s1. The number of carbonyl (C=O) groups is 4. The molecular formula is C45H72F6N6O15. The molecule has 21 nitrogen and oxygen atoms in total. The van der Waals surface area contributed by atoms with Gasteiger partial charge in [0.15, 0.2) is 12.5 Å². The summed E-state index contributed by atoms with van der Waals surface area (Å²) in [7, 11) is 3.03. The summed E-state index contributed by atoms with van der Waals surface area (Å²) >= 11 is 0. The number of nitrogens with one attached hydrogen (secondary N) is 2. The largest absolute Gasteiger partial charge is 0.490 e. The average molecular weight is 1050 g/mol. The molecule has 2 fully saturated rings. The Kier molecular flexibility index (Phi) is 27.7. The van der Waals surface area contributed by atoms with Gasteiger partial charge in [0.25, 0.3) is 11.5 Å². The molecule has 0 aromatic carbocycles. The Hall–Kier alpha value is -4.48. The SMILES string of the molecule is CCCCCCCCCCCCCCCCCCCNC(=O)C1=CCN(C)[C@@H]([C@H](O[C@@H]2O[C@H](CN)[C@@H](O)[C@H]2O)[C@H]2O[C@@H](n3ccc(=O)[nH]c3=O)[C@H](O)[C@@H]2O)C(=O)N1C.O=C(O)C(F)(F)F.O=C(O)C(F)(F)F. The number of amides is 2. The fourth-order valence-electron chi connectivity index (χ4n) is 8.09. The molecule has 10 N–H and O–H groups in total. The summed E-state index contributed by atoms with van der Waals surface area (Å²) < 4.78 is 82.2. The van der Waals surface area contributed by atoms with E-state index in [9.17, 15) is 65.9 Å². The van der Waals surface area contributed by atoms with E-state index >= 15 is 0 Å². The van der Waals surface area contributed by atoms with Crippen LogP contribution in [0.25, 0.3) is 0 Å². The van der Waals surface area contributed by atoms with Crippen LogP contribution in [0.15, 0.2) is 33.6 Å². The van der Waals surface area contributed by atoms with Gasteiger partial charge in [-0.25, -0.2) is 14.4 Å². The third kappa shape index (κ3) is 20.4. The Morgan fingerprint density at radius 1 is 0.764 bits per heavy atom. The molecule has 3 aliphatic rings. The van der Waals surface area contributed by atoms with E-state index in [1.54, 1.807) is 18.0 Å². The second-order valence-corrected chi connectivity index (χ2v) is 17.7. The summed E-state index contributed by atoms with van der Waals surface area (Å²) in [4.78, 5) is 74.6. The second kappa shape index (κ2) is 31.3.